The molecule has 2 rings (SSSR count). The van der Waals surface area contributed by atoms with Crippen molar-refractivity contribution >= 4 is 17.3 Å². The Kier molecular flexibility index (Phi) is 4.88. The molecular formula is C16H19ClN2O. The number of halogens is 1. The summed E-state index contributed by atoms with van der Waals surface area (Å²) in [7, 11) is 3.74. The SMILES string of the molecule is COc1cccc(CN(C)Cc2ccc(Cl)cc2N)c1. The second kappa shape index (κ2) is 6.64. The normalized spacial score (nSPS) is 10.8. The van der Waals surface area contributed by atoms with Gasteiger partial charge in [0, 0.05) is 23.8 Å². The smallest absolute Gasteiger partial charge is 0.119 e. The third kappa shape index (κ3) is 3.89. The van der Waals surface area contributed by atoms with Crippen molar-refractivity contribution in [2.45, 2.75) is 13.1 Å². The Balaban J connectivity index is 2.02. The number of anilines is 1. The molecule has 0 radical (unpaired) electrons. The van der Waals surface area contributed by atoms with Gasteiger partial charge in [-0.2, -0.15) is 0 Å². The molecule has 0 aliphatic heterocycles. The first-order valence-corrected chi connectivity index (χ1v) is 6.81. The Labute approximate surface area is 124 Å². The molecule has 0 unspecified atom stereocenters. The fraction of sp³-hybridized carbons (Fsp3) is 0.250. The second-order valence-corrected chi connectivity index (χ2v) is 5.30. The highest BCUT2D eigenvalue weighted by Gasteiger charge is 2.06. The topological polar surface area (TPSA) is 38.5 Å². The van der Waals surface area contributed by atoms with Gasteiger partial charge in [-0.3, -0.25) is 4.90 Å². The summed E-state index contributed by atoms with van der Waals surface area (Å²) in [5.74, 6) is 0.877. The molecule has 0 atom stereocenters. The number of methoxy groups -OCH3 is 1. The van der Waals surface area contributed by atoms with Crippen LogP contribution in [-0.4, -0.2) is 19.1 Å². The van der Waals surface area contributed by atoms with E-state index in [-0.39, 0.29) is 0 Å². The van der Waals surface area contributed by atoms with Gasteiger partial charge in [-0.1, -0.05) is 29.8 Å². The van der Waals surface area contributed by atoms with Crippen LogP contribution < -0.4 is 10.5 Å². The zero-order valence-corrected chi connectivity index (χ0v) is 12.5. The average Bonchev–Trinajstić information content (AvgIpc) is 2.42. The minimum absolute atomic E-state index is 0.668. The van der Waals surface area contributed by atoms with Crippen molar-refractivity contribution in [2.75, 3.05) is 19.9 Å². The molecule has 2 aromatic rings. The van der Waals surface area contributed by atoms with Crippen LogP contribution in [0.3, 0.4) is 0 Å². The predicted octanol–water partition coefficient (Wildman–Crippen LogP) is 3.56. The van der Waals surface area contributed by atoms with Crippen LogP contribution in [-0.2, 0) is 13.1 Å². The van der Waals surface area contributed by atoms with Crippen molar-refractivity contribution in [3.63, 3.8) is 0 Å². The van der Waals surface area contributed by atoms with Crippen molar-refractivity contribution in [3.05, 3.63) is 58.6 Å². The highest BCUT2D eigenvalue weighted by molar-refractivity contribution is 6.30. The van der Waals surface area contributed by atoms with Gasteiger partial charge in [0.2, 0.25) is 0 Å². The molecule has 4 heteroatoms. The maximum atomic E-state index is 5.98. The van der Waals surface area contributed by atoms with E-state index < -0.39 is 0 Å². The second-order valence-electron chi connectivity index (χ2n) is 4.87. The largest absolute Gasteiger partial charge is 0.497 e. The van der Waals surface area contributed by atoms with Gasteiger partial charge < -0.3 is 10.5 Å². The number of hydrogen-bond acceptors (Lipinski definition) is 3. The number of nitrogen functional groups attached to an aromatic ring is 1. The summed E-state index contributed by atoms with van der Waals surface area (Å²) in [4.78, 5) is 2.20. The lowest BCUT2D eigenvalue weighted by molar-refractivity contribution is 0.318. The van der Waals surface area contributed by atoms with Gasteiger partial charge >= 0.3 is 0 Å². The fourth-order valence-electron chi connectivity index (χ4n) is 2.14. The van der Waals surface area contributed by atoms with Crippen LogP contribution in [0.5, 0.6) is 5.75 Å². The van der Waals surface area contributed by atoms with Crippen molar-refractivity contribution in [1.29, 1.82) is 0 Å². The van der Waals surface area contributed by atoms with E-state index in [1.165, 1.54) is 5.56 Å². The molecule has 2 aromatic carbocycles. The highest BCUT2D eigenvalue weighted by atomic mass is 35.5. The number of hydrogen-bond donors (Lipinski definition) is 1. The summed E-state index contributed by atoms with van der Waals surface area (Å²) >= 11 is 5.91. The van der Waals surface area contributed by atoms with E-state index >= 15 is 0 Å². The van der Waals surface area contributed by atoms with Crippen molar-refractivity contribution in [1.82, 2.24) is 4.90 Å². The first-order chi connectivity index (χ1) is 9.58. The molecule has 0 bridgehead atoms. The van der Waals surface area contributed by atoms with Gasteiger partial charge in [-0.25, -0.2) is 0 Å². The van der Waals surface area contributed by atoms with E-state index in [4.69, 9.17) is 22.1 Å². The van der Waals surface area contributed by atoms with Crippen LogP contribution in [0.4, 0.5) is 5.69 Å². The Hall–Kier alpha value is -1.71. The van der Waals surface area contributed by atoms with E-state index in [9.17, 15) is 0 Å². The molecule has 0 amide bonds. The van der Waals surface area contributed by atoms with Crippen molar-refractivity contribution in [3.8, 4) is 5.75 Å². The molecule has 0 heterocycles. The lowest BCUT2D eigenvalue weighted by Gasteiger charge is -2.18. The Bertz CT molecular complexity index is 586. The summed E-state index contributed by atoms with van der Waals surface area (Å²) in [6, 6.07) is 13.7. The summed E-state index contributed by atoms with van der Waals surface area (Å²) in [6.07, 6.45) is 0. The molecule has 20 heavy (non-hydrogen) atoms. The zero-order chi connectivity index (χ0) is 14.5. The number of ether oxygens (including phenoxy) is 1. The van der Waals surface area contributed by atoms with Crippen LogP contribution in [0, 0.1) is 0 Å². The zero-order valence-electron chi connectivity index (χ0n) is 11.8. The molecule has 0 saturated heterocycles. The lowest BCUT2D eigenvalue weighted by Crippen LogP contribution is -2.18. The predicted molar refractivity (Wildman–Crippen MR) is 84.0 cm³/mol. The van der Waals surface area contributed by atoms with Gasteiger partial charge in [0.15, 0.2) is 0 Å². The van der Waals surface area contributed by atoms with Gasteiger partial charge in [0.05, 0.1) is 7.11 Å². The number of benzene rings is 2. The molecular weight excluding hydrogens is 272 g/mol. The first kappa shape index (κ1) is 14.7. The van der Waals surface area contributed by atoms with Gasteiger partial charge in [-0.05, 0) is 42.4 Å². The average molecular weight is 291 g/mol. The number of rotatable bonds is 5. The monoisotopic (exact) mass is 290 g/mol. The Morgan fingerprint density at radius 1 is 1.15 bits per heavy atom. The van der Waals surface area contributed by atoms with E-state index in [0.29, 0.717) is 5.02 Å². The lowest BCUT2D eigenvalue weighted by atomic mass is 10.1. The Morgan fingerprint density at radius 3 is 2.65 bits per heavy atom. The van der Waals surface area contributed by atoms with E-state index in [1.54, 1.807) is 13.2 Å². The van der Waals surface area contributed by atoms with Crippen LogP contribution in [0.25, 0.3) is 0 Å². The fourth-order valence-corrected chi connectivity index (χ4v) is 2.32. The molecule has 0 saturated carbocycles. The summed E-state index contributed by atoms with van der Waals surface area (Å²) in [5.41, 5.74) is 9.00. The van der Waals surface area contributed by atoms with Crippen LogP contribution in [0.2, 0.25) is 5.02 Å². The Morgan fingerprint density at radius 2 is 1.95 bits per heavy atom. The molecule has 106 valence electrons. The summed E-state index contributed by atoms with van der Waals surface area (Å²) in [5, 5.41) is 0.668. The van der Waals surface area contributed by atoms with Crippen LogP contribution in [0.1, 0.15) is 11.1 Å². The maximum Gasteiger partial charge on any atom is 0.119 e. The van der Waals surface area contributed by atoms with E-state index in [1.807, 2.05) is 30.3 Å². The molecule has 0 aliphatic rings. The molecule has 3 nitrogen and oxygen atoms in total. The maximum absolute atomic E-state index is 5.98. The van der Waals surface area contributed by atoms with Crippen LogP contribution in [0.15, 0.2) is 42.5 Å². The highest BCUT2D eigenvalue weighted by Crippen LogP contribution is 2.20. The molecule has 2 N–H and O–H groups in total. The van der Waals surface area contributed by atoms with Gasteiger partial charge in [0.1, 0.15) is 5.75 Å². The molecule has 0 fully saturated rings. The number of nitrogens with zero attached hydrogens (tertiary/aromatic N) is 1. The van der Waals surface area contributed by atoms with Crippen molar-refractivity contribution in [2.24, 2.45) is 0 Å². The first-order valence-electron chi connectivity index (χ1n) is 6.44. The molecule has 0 aliphatic carbocycles. The van der Waals surface area contributed by atoms with Gasteiger partial charge in [-0.15, -0.1) is 0 Å². The minimum Gasteiger partial charge on any atom is -0.497 e. The van der Waals surface area contributed by atoms with E-state index in [2.05, 4.69) is 18.0 Å². The molecule has 0 spiro atoms. The van der Waals surface area contributed by atoms with Gasteiger partial charge in [0.25, 0.3) is 0 Å². The summed E-state index contributed by atoms with van der Waals surface area (Å²) in [6.45, 7) is 1.61. The molecule has 0 aromatic heterocycles. The van der Waals surface area contributed by atoms with Crippen LogP contribution >= 0.6 is 11.6 Å². The third-order valence-electron chi connectivity index (χ3n) is 3.13. The quantitative estimate of drug-likeness (QED) is 0.856. The third-order valence-corrected chi connectivity index (χ3v) is 3.37. The summed E-state index contributed by atoms with van der Waals surface area (Å²) < 4.78 is 5.23. The number of nitrogens with two attached hydrogens (primary N) is 1. The van der Waals surface area contributed by atoms with E-state index in [0.717, 1.165) is 30.1 Å². The van der Waals surface area contributed by atoms with Crippen molar-refractivity contribution < 1.29 is 4.74 Å². The minimum atomic E-state index is 0.668. The standard InChI is InChI=1S/C16H19ClN2O/c1-19(10-12-4-3-5-15(8-12)20-2)11-13-6-7-14(17)9-16(13)18/h3-9H,10-11,18H2,1-2H3.